The minimum Gasteiger partial charge on any atom is -0.330 e. The van der Waals surface area contributed by atoms with Crippen molar-refractivity contribution in [3.63, 3.8) is 0 Å². The van der Waals surface area contributed by atoms with E-state index in [1.165, 1.54) is 0 Å². The third-order valence-corrected chi connectivity index (χ3v) is 3.20. The summed E-state index contributed by atoms with van der Waals surface area (Å²) in [5, 5.41) is 5.15. The summed E-state index contributed by atoms with van der Waals surface area (Å²) in [4.78, 5) is 12.0. The van der Waals surface area contributed by atoms with Gasteiger partial charge in [0.05, 0.1) is 5.92 Å². The maximum atomic E-state index is 12.0. The van der Waals surface area contributed by atoms with Crippen LogP contribution in [0.4, 0.5) is 5.69 Å². The van der Waals surface area contributed by atoms with E-state index in [1.807, 2.05) is 49.4 Å². The molecule has 0 saturated carbocycles. The fraction of sp³-hybridized carbons (Fsp3) is 0.267. The van der Waals surface area contributed by atoms with Crippen LogP contribution in [0.3, 0.4) is 0 Å². The van der Waals surface area contributed by atoms with Crippen molar-refractivity contribution in [1.82, 2.24) is 0 Å². The second kappa shape index (κ2) is 5.65. The highest BCUT2D eigenvalue weighted by molar-refractivity contribution is 6.02. The summed E-state index contributed by atoms with van der Waals surface area (Å²) in [6, 6.07) is 13.9. The summed E-state index contributed by atoms with van der Waals surface area (Å²) >= 11 is 0. The van der Waals surface area contributed by atoms with Crippen molar-refractivity contribution in [3.8, 4) is 0 Å². The van der Waals surface area contributed by atoms with Crippen molar-refractivity contribution in [2.75, 3.05) is 11.9 Å². The monoisotopic (exact) mass is 242 g/mol. The van der Waals surface area contributed by atoms with Crippen LogP contribution < -0.4 is 11.1 Å². The molecule has 3 nitrogen and oxygen atoms in total. The first kappa shape index (κ1) is 12.6. The number of benzene rings is 2. The van der Waals surface area contributed by atoms with Crippen molar-refractivity contribution in [2.45, 2.75) is 13.3 Å². The lowest BCUT2D eigenvalue weighted by molar-refractivity contribution is -0.119. The van der Waals surface area contributed by atoms with E-state index in [0.717, 1.165) is 22.9 Å². The summed E-state index contributed by atoms with van der Waals surface area (Å²) in [6.07, 6.45) is 0.757. The van der Waals surface area contributed by atoms with Crippen LogP contribution in [0.2, 0.25) is 0 Å². The molecule has 0 aromatic heterocycles. The summed E-state index contributed by atoms with van der Waals surface area (Å²) in [5.74, 6) is -0.125. The Morgan fingerprint density at radius 1 is 1.22 bits per heavy atom. The summed E-state index contributed by atoms with van der Waals surface area (Å²) in [5.41, 5.74) is 6.44. The minimum absolute atomic E-state index is 0.00338. The molecule has 0 aliphatic rings. The van der Waals surface area contributed by atoms with E-state index in [9.17, 15) is 4.79 Å². The van der Waals surface area contributed by atoms with Gasteiger partial charge in [0.1, 0.15) is 0 Å². The van der Waals surface area contributed by atoms with Gasteiger partial charge in [-0.1, -0.05) is 43.3 Å². The van der Waals surface area contributed by atoms with E-state index in [4.69, 9.17) is 5.73 Å². The summed E-state index contributed by atoms with van der Waals surface area (Å²) in [7, 11) is 0. The molecule has 3 heteroatoms. The Balaban J connectivity index is 2.29. The van der Waals surface area contributed by atoms with Crippen molar-refractivity contribution < 1.29 is 4.79 Å². The molecule has 94 valence electrons. The van der Waals surface area contributed by atoms with E-state index in [-0.39, 0.29) is 11.8 Å². The van der Waals surface area contributed by atoms with Gasteiger partial charge >= 0.3 is 0 Å². The van der Waals surface area contributed by atoms with Gasteiger partial charge in [0.25, 0.3) is 0 Å². The number of fused-ring (bicyclic) bond motifs is 1. The van der Waals surface area contributed by atoms with Crippen LogP contribution in [-0.2, 0) is 4.79 Å². The molecule has 1 atom stereocenters. The van der Waals surface area contributed by atoms with Gasteiger partial charge in [-0.15, -0.1) is 0 Å². The SMILES string of the molecule is CCC(CN)C(=O)Nc1cccc2ccccc12. The lowest BCUT2D eigenvalue weighted by atomic mass is 10.0. The molecule has 2 aromatic rings. The first-order chi connectivity index (χ1) is 8.76. The molecule has 18 heavy (non-hydrogen) atoms. The number of carbonyl (C=O) groups excluding carboxylic acids is 1. The lowest BCUT2D eigenvalue weighted by Crippen LogP contribution is -2.28. The number of rotatable bonds is 4. The van der Waals surface area contributed by atoms with E-state index in [1.54, 1.807) is 0 Å². The van der Waals surface area contributed by atoms with E-state index in [0.29, 0.717) is 6.54 Å². The van der Waals surface area contributed by atoms with E-state index >= 15 is 0 Å². The van der Waals surface area contributed by atoms with Gasteiger partial charge in [-0.25, -0.2) is 0 Å². The Kier molecular flexibility index (Phi) is 3.95. The van der Waals surface area contributed by atoms with E-state index < -0.39 is 0 Å². The predicted octanol–water partition coefficient (Wildman–Crippen LogP) is 2.76. The minimum atomic E-state index is -0.121. The fourth-order valence-electron chi connectivity index (χ4n) is 2.03. The Morgan fingerprint density at radius 3 is 2.67 bits per heavy atom. The second-order valence-electron chi connectivity index (χ2n) is 4.36. The van der Waals surface area contributed by atoms with Crippen LogP contribution in [0.1, 0.15) is 13.3 Å². The van der Waals surface area contributed by atoms with Gasteiger partial charge in [-0.2, -0.15) is 0 Å². The van der Waals surface area contributed by atoms with Crippen LogP contribution in [0, 0.1) is 5.92 Å². The second-order valence-corrected chi connectivity index (χ2v) is 4.36. The third-order valence-electron chi connectivity index (χ3n) is 3.20. The first-order valence-corrected chi connectivity index (χ1v) is 6.25. The Hall–Kier alpha value is -1.87. The standard InChI is InChI=1S/C15H18N2O/c1-2-11(10-16)15(18)17-14-9-5-7-12-6-3-4-8-13(12)14/h3-9,11H,2,10,16H2,1H3,(H,17,18). The molecule has 0 aliphatic carbocycles. The largest absolute Gasteiger partial charge is 0.330 e. The molecule has 0 spiro atoms. The summed E-state index contributed by atoms with van der Waals surface area (Å²) < 4.78 is 0. The number of hydrogen-bond donors (Lipinski definition) is 2. The van der Waals surface area contributed by atoms with Gasteiger partial charge in [0, 0.05) is 17.6 Å². The Labute approximate surface area is 107 Å². The average molecular weight is 242 g/mol. The Bertz CT molecular complexity index is 542. The van der Waals surface area contributed by atoms with Crippen molar-refractivity contribution in [2.24, 2.45) is 11.7 Å². The van der Waals surface area contributed by atoms with Crippen LogP contribution in [-0.4, -0.2) is 12.5 Å². The molecule has 0 aliphatic heterocycles. The van der Waals surface area contributed by atoms with Crippen molar-refractivity contribution in [1.29, 1.82) is 0 Å². The smallest absolute Gasteiger partial charge is 0.228 e. The van der Waals surface area contributed by atoms with Gasteiger partial charge < -0.3 is 11.1 Å². The van der Waals surface area contributed by atoms with Crippen LogP contribution in [0.15, 0.2) is 42.5 Å². The highest BCUT2D eigenvalue weighted by Gasteiger charge is 2.15. The topological polar surface area (TPSA) is 55.1 Å². The maximum Gasteiger partial charge on any atom is 0.228 e. The number of hydrogen-bond acceptors (Lipinski definition) is 2. The van der Waals surface area contributed by atoms with Gasteiger partial charge in [0.15, 0.2) is 0 Å². The summed E-state index contributed by atoms with van der Waals surface area (Å²) in [6.45, 7) is 2.35. The average Bonchev–Trinajstić information content (AvgIpc) is 2.40. The normalized spacial score (nSPS) is 12.3. The lowest BCUT2D eigenvalue weighted by Gasteiger charge is -2.14. The molecule has 0 heterocycles. The number of nitrogens with two attached hydrogens (primary N) is 1. The zero-order chi connectivity index (χ0) is 13.0. The van der Waals surface area contributed by atoms with Gasteiger partial charge in [-0.05, 0) is 17.9 Å². The van der Waals surface area contributed by atoms with Crippen LogP contribution in [0.5, 0.6) is 0 Å². The van der Waals surface area contributed by atoms with Crippen molar-refractivity contribution >= 4 is 22.4 Å². The molecule has 0 saturated heterocycles. The molecular weight excluding hydrogens is 224 g/mol. The number of carbonyl (C=O) groups is 1. The number of amides is 1. The number of nitrogens with one attached hydrogen (secondary N) is 1. The molecular formula is C15H18N2O. The molecule has 3 N–H and O–H groups in total. The molecule has 1 amide bonds. The molecule has 0 radical (unpaired) electrons. The quantitative estimate of drug-likeness (QED) is 0.866. The highest BCUT2D eigenvalue weighted by atomic mass is 16.1. The molecule has 2 rings (SSSR count). The van der Waals surface area contributed by atoms with Crippen molar-refractivity contribution in [3.05, 3.63) is 42.5 Å². The molecule has 2 aromatic carbocycles. The zero-order valence-electron chi connectivity index (χ0n) is 10.5. The maximum absolute atomic E-state index is 12.0. The first-order valence-electron chi connectivity index (χ1n) is 6.25. The van der Waals surface area contributed by atoms with Crippen LogP contribution >= 0.6 is 0 Å². The van der Waals surface area contributed by atoms with Crippen LogP contribution in [0.25, 0.3) is 10.8 Å². The molecule has 1 unspecified atom stereocenters. The van der Waals surface area contributed by atoms with E-state index in [2.05, 4.69) is 5.32 Å². The fourth-order valence-corrected chi connectivity index (χ4v) is 2.03. The highest BCUT2D eigenvalue weighted by Crippen LogP contribution is 2.23. The molecule has 0 fully saturated rings. The van der Waals surface area contributed by atoms with Gasteiger partial charge in [0.2, 0.25) is 5.91 Å². The third kappa shape index (κ3) is 2.51. The number of anilines is 1. The molecule has 0 bridgehead atoms. The Morgan fingerprint density at radius 2 is 1.94 bits per heavy atom. The zero-order valence-corrected chi connectivity index (χ0v) is 10.5. The predicted molar refractivity (Wildman–Crippen MR) is 75.4 cm³/mol. The van der Waals surface area contributed by atoms with Gasteiger partial charge in [-0.3, -0.25) is 4.79 Å².